The Morgan fingerprint density at radius 1 is 0.788 bits per heavy atom. The Labute approximate surface area is 381 Å². The molecule has 0 spiro atoms. The molecule has 2 saturated carbocycles. The lowest BCUT2D eigenvalue weighted by Crippen LogP contribution is -2.50. The summed E-state index contributed by atoms with van der Waals surface area (Å²) in [7, 11) is 3.29. The van der Waals surface area contributed by atoms with Gasteiger partial charge in [-0.2, -0.15) is 10.2 Å². The maximum Gasteiger partial charge on any atom is 0.274 e. The molecular weight excluding hydrogens is 855 g/mol. The van der Waals surface area contributed by atoms with Crippen LogP contribution in [-0.4, -0.2) is 137 Å². The zero-order valence-electron chi connectivity index (χ0n) is 38.1. The van der Waals surface area contributed by atoms with Crippen molar-refractivity contribution in [3.8, 4) is 22.3 Å². The number of aliphatic hydroxyl groups is 1. The first kappa shape index (κ1) is 44.7. The van der Waals surface area contributed by atoms with Crippen molar-refractivity contribution >= 4 is 22.9 Å². The summed E-state index contributed by atoms with van der Waals surface area (Å²) >= 11 is 0. The molecule has 6 aromatic heterocycles. The monoisotopic (exact) mass is 914 g/mol. The summed E-state index contributed by atoms with van der Waals surface area (Å²) in [6.07, 6.45) is 12.7. The number of anilines is 2. The number of rotatable bonds is 17. The molecule has 3 N–H and O–H groups in total. The number of nitrogens with one attached hydrogen (secondary N) is 2. The van der Waals surface area contributed by atoms with Crippen molar-refractivity contribution in [3.05, 3.63) is 60.7 Å². The Balaban J connectivity index is 0.863. The van der Waals surface area contributed by atoms with Gasteiger partial charge in [-0.1, -0.05) is 6.92 Å². The van der Waals surface area contributed by atoms with Crippen LogP contribution in [0.4, 0.5) is 20.7 Å². The van der Waals surface area contributed by atoms with Gasteiger partial charge in [0.25, 0.3) is 5.92 Å². The van der Waals surface area contributed by atoms with Crippen molar-refractivity contribution in [3.63, 3.8) is 0 Å². The third-order valence-corrected chi connectivity index (χ3v) is 14.1. The van der Waals surface area contributed by atoms with Gasteiger partial charge in [0.1, 0.15) is 12.1 Å². The number of hydrogen-bond donors (Lipinski definition) is 3. The maximum absolute atomic E-state index is 16.5. The highest BCUT2D eigenvalue weighted by Crippen LogP contribution is 2.47. The molecule has 10 rings (SSSR count). The van der Waals surface area contributed by atoms with Gasteiger partial charge >= 0.3 is 0 Å². The summed E-state index contributed by atoms with van der Waals surface area (Å²) in [6, 6.07) is 3.80. The van der Waals surface area contributed by atoms with Crippen molar-refractivity contribution in [1.29, 1.82) is 0 Å². The second-order valence-corrected chi connectivity index (χ2v) is 18.8. The van der Waals surface area contributed by atoms with Gasteiger partial charge in [0.15, 0.2) is 6.29 Å². The molecule has 6 aromatic rings. The highest BCUT2D eigenvalue weighted by molar-refractivity contribution is 5.82. The summed E-state index contributed by atoms with van der Waals surface area (Å²) in [5, 5.41) is 36.7. The minimum absolute atomic E-state index is 0.00156. The fourth-order valence-electron chi connectivity index (χ4n) is 10.0. The van der Waals surface area contributed by atoms with Gasteiger partial charge < -0.3 is 39.4 Å². The Morgan fingerprint density at radius 3 is 1.88 bits per heavy atom. The summed E-state index contributed by atoms with van der Waals surface area (Å²) < 4.78 is 68.3. The Hall–Kier alpha value is -5.12. The van der Waals surface area contributed by atoms with Gasteiger partial charge in [-0.25, -0.2) is 27.8 Å². The minimum atomic E-state index is -3.16. The van der Waals surface area contributed by atoms with Crippen LogP contribution in [0.15, 0.2) is 49.3 Å². The molecule has 18 nitrogen and oxygen atoms in total. The molecule has 2 aliphatic carbocycles. The van der Waals surface area contributed by atoms with Crippen molar-refractivity contribution in [1.82, 2.24) is 48.8 Å². The predicted octanol–water partition coefficient (Wildman–Crippen LogP) is 6.65. The van der Waals surface area contributed by atoms with E-state index in [9.17, 15) is 5.11 Å². The van der Waals surface area contributed by atoms with Crippen molar-refractivity contribution in [2.24, 2.45) is 0 Å². The lowest BCUT2D eigenvalue weighted by Gasteiger charge is -2.42. The fraction of sp³-hybridized carbons (Fsp3) is 0.609. The van der Waals surface area contributed by atoms with Crippen LogP contribution in [0, 0.1) is 0 Å². The van der Waals surface area contributed by atoms with Crippen LogP contribution in [0.25, 0.3) is 33.3 Å². The maximum atomic E-state index is 16.5. The smallest absolute Gasteiger partial charge is 0.274 e. The minimum Gasteiger partial charge on any atom is -0.390 e. The fourth-order valence-corrected chi connectivity index (χ4v) is 10.0. The molecule has 66 heavy (non-hydrogen) atoms. The van der Waals surface area contributed by atoms with E-state index >= 15 is 8.78 Å². The zero-order valence-corrected chi connectivity index (χ0v) is 38.1. The lowest BCUT2D eigenvalue weighted by atomic mass is 9.76. The van der Waals surface area contributed by atoms with Gasteiger partial charge in [-0.05, 0) is 70.9 Å². The van der Waals surface area contributed by atoms with E-state index in [1.54, 1.807) is 42.0 Å². The van der Waals surface area contributed by atoms with E-state index in [4.69, 9.17) is 39.0 Å². The molecule has 0 bridgehead atoms. The highest BCUT2D eigenvalue weighted by Gasteiger charge is 2.50. The molecule has 2 unspecified atom stereocenters. The number of alkyl halides is 2. The molecule has 354 valence electrons. The number of halogens is 2. The Bertz CT molecular complexity index is 2640. The van der Waals surface area contributed by atoms with E-state index in [-0.39, 0.29) is 37.1 Å². The first-order valence-corrected chi connectivity index (χ1v) is 23.2. The summed E-state index contributed by atoms with van der Waals surface area (Å²) in [4.78, 5) is 9.24. The number of ether oxygens (including phenoxy) is 5. The third kappa shape index (κ3) is 8.66. The Morgan fingerprint density at radius 2 is 1.36 bits per heavy atom. The van der Waals surface area contributed by atoms with Crippen LogP contribution >= 0.6 is 0 Å². The molecule has 6 atom stereocenters. The largest absolute Gasteiger partial charge is 0.390 e. The van der Waals surface area contributed by atoms with E-state index in [0.29, 0.717) is 56.0 Å². The van der Waals surface area contributed by atoms with Crippen molar-refractivity contribution in [2.75, 3.05) is 57.9 Å². The van der Waals surface area contributed by atoms with Crippen LogP contribution < -0.4 is 10.6 Å². The van der Waals surface area contributed by atoms with Crippen LogP contribution in [0.1, 0.15) is 107 Å². The molecule has 2 aliphatic heterocycles. The quantitative estimate of drug-likeness (QED) is 0.0883. The van der Waals surface area contributed by atoms with Gasteiger partial charge in [-0.3, -0.25) is 9.36 Å². The van der Waals surface area contributed by atoms with E-state index in [2.05, 4.69) is 31.8 Å². The second kappa shape index (κ2) is 18.2. The Kier molecular flexibility index (Phi) is 12.3. The topological polar surface area (TPSA) is 186 Å². The van der Waals surface area contributed by atoms with Gasteiger partial charge in [0.05, 0.1) is 80.5 Å². The van der Waals surface area contributed by atoms with Crippen molar-refractivity contribution < 1.29 is 37.6 Å². The number of fused-ring (bicyclic) bond motifs is 2. The molecule has 4 aliphatic rings. The van der Waals surface area contributed by atoms with Gasteiger partial charge in [-0.15, -0.1) is 10.2 Å². The first-order valence-electron chi connectivity index (χ1n) is 23.2. The number of nitrogens with zero attached hydrogens (tertiary/aromatic N) is 10. The van der Waals surface area contributed by atoms with Gasteiger partial charge in [0, 0.05) is 90.6 Å². The van der Waals surface area contributed by atoms with E-state index in [0.717, 1.165) is 65.6 Å². The number of methoxy groups -OCH3 is 2. The number of aromatic nitrogens is 10. The summed E-state index contributed by atoms with van der Waals surface area (Å²) in [5.74, 6) is -2.62. The lowest BCUT2D eigenvalue weighted by molar-refractivity contribution is -0.305. The molecule has 4 fully saturated rings. The molecule has 20 heteroatoms. The second-order valence-electron chi connectivity index (χ2n) is 18.8. The predicted molar refractivity (Wildman–Crippen MR) is 240 cm³/mol. The summed E-state index contributed by atoms with van der Waals surface area (Å²) in [6.45, 7) is 8.42. The molecule has 2 saturated heterocycles. The molecule has 8 heterocycles. The van der Waals surface area contributed by atoms with Crippen LogP contribution in [0.2, 0.25) is 0 Å². The number of hydrogen-bond acceptors (Lipinski definition) is 14. The molecule has 0 amide bonds. The van der Waals surface area contributed by atoms with Crippen LogP contribution in [0.5, 0.6) is 0 Å². The standard InChI is InChI=1S/C46H60F2N12O6/c1-6-45(61)11-9-29(10-12-45)36-13-34(38-18-49-43(55-59(36)38)53-27(2)22-62-4)32-17-52-58(21-32)40-26-65-42(40)66-41-8-7-30(15-46(41,47)48)37-14-35(31-16-51-57(20-31)33-24-64-25-33)39-19-50-44(56-60(37)39)54-28(3)23-63-5/h13-14,16-21,27-30,33,40-42,61H,6-12,15,22-26H2,1-5H3,(H,53,55)(H,54,56)/t27-,28-,29?,30-,40?,41-,42?,45?/m0/s1. The summed E-state index contributed by atoms with van der Waals surface area (Å²) in [5.41, 5.74) is 6.03. The van der Waals surface area contributed by atoms with E-state index in [1.165, 1.54) is 0 Å². The average molecular weight is 915 g/mol. The van der Waals surface area contributed by atoms with Crippen LogP contribution in [0.3, 0.4) is 0 Å². The molecular formula is C46H60F2N12O6. The molecule has 0 radical (unpaired) electrons. The zero-order chi connectivity index (χ0) is 45.7. The first-order chi connectivity index (χ1) is 31.9. The van der Waals surface area contributed by atoms with E-state index < -0.39 is 42.3 Å². The van der Waals surface area contributed by atoms with E-state index in [1.807, 2.05) is 54.6 Å². The normalized spacial score (nSPS) is 26.6. The highest BCUT2D eigenvalue weighted by atomic mass is 19.3. The van der Waals surface area contributed by atoms with Crippen molar-refractivity contribution in [2.45, 2.75) is 132 Å². The van der Waals surface area contributed by atoms with Gasteiger partial charge in [0.2, 0.25) is 11.9 Å². The molecule has 0 aromatic carbocycles. The van der Waals surface area contributed by atoms with Crippen LogP contribution in [-0.2, 0) is 23.7 Å². The third-order valence-electron chi connectivity index (χ3n) is 14.1. The SMILES string of the molecule is CCC1(O)CCC(c2cc(-c3cnn(C4COC4O[C@H]4CC[C@H](c5cc(-c6cnn(C7COC7)c6)c6cnc(N[C@@H](C)COC)nn56)CC4(F)F)c3)c3cnc(N[C@@H](C)COC)nn23)CC1. The average Bonchev–Trinajstić information content (AvgIpc) is 4.08.